The van der Waals surface area contributed by atoms with Crippen LogP contribution < -0.4 is 5.73 Å². The zero-order chi connectivity index (χ0) is 15.0. The van der Waals surface area contributed by atoms with Crippen molar-refractivity contribution in [3.63, 3.8) is 0 Å². The fourth-order valence-corrected chi connectivity index (χ4v) is 3.03. The van der Waals surface area contributed by atoms with Gasteiger partial charge in [0.15, 0.2) is 0 Å². The standard InChI is InChI=1S/C16H19ClN4/c1-11-16(17)15(20(2)19-11)10-21-9-7-13-12(6-8-18)4-3-5-14(13)21/h3-5,7,9H,6,8,10,18H2,1-2H3. The molecule has 0 unspecified atom stereocenters. The average molecular weight is 303 g/mol. The fourth-order valence-electron chi connectivity index (χ4n) is 2.81. The van der Waals surface area contributed by atoms with Crippen molar-refractivity contribution in [1.29, 1.82) is 0 Å². The Morgan fingerprint density at radius 1 is 1.29 bits per heavy atom. The highest BCUT2D eigenvalue weighted by atomic mass is 35.5. The van der Waals surface area contributed by atoms with Crippen molar-refractivity contribution in [2.24, 2.45) is 12.8 Å². The van der Waals surface area contributed by atoms with Crippen LogP contribution in [0.1, 0.15) is 17.0 Å². The molecule has 0 atom stereocenters. The Balaban J connectivity index is 2.04. The molecule has 0 fully saturated rings. The molecule has 0 saturated carbocycles. The predicted octanol–water partition coefficient (Wildman–Crippen LogP) is 2.89. The van der Waals surface area contributed by atoms with Crippen LogP contribution in [0.15, 0.2) is 30.5 Å². The molecule has 3 rings (SSSR count). The molecule has 0 aliphatic heterocycles. The van der Waals surface area contributed by atoms with E-state index in [2.05, 4.69) is 40.1 Å². The van der Waals surface area contributed by atoms with Crippen LogP contribution in [0.4, 0.5) is 0 Å². The minimum absolute atomic E-state index is 0.664. The van der Waals surface area contributed by atoms with Gasteiger partial charge in [0, 0.05) is 24.1 Å². The van der Waals surface area contributed by atoms with Gasteiger partial charge in [-0.05, 0) is 37.6 Å². The normalized spacial score (nSPS) is 11.4. The summed E-state index contributed by atoms with van der Waals surface area (Å²) in [7, 11) is 1.93. The fraction of sp³-hybridized carbons (Fsp3) is 0.312. The molecule has 2 N–H and O–H groups in total. The van der Waals surface area contributed by atoms with Crippen LogP contribution in [0.25, 0.3) is 10.9 Å². The molecule has 0 radical (unpaired) electrons. The van der Waals surface area contributed by atoms with E-state index in [0.717, 1.165) is 22.8 Å². The molecule has 0 aliphatic carbocycles. The van der Waals surface area contributed by atoms with Gasteiger partial charge < -0.3 is 10.3 Å². The van der Waals surface area contributed by atoms with Gasteiger partial charge in [-0.15, -0.1) is 0 Å². The number of aromatic nitrogens is 3. The number of nitrogens with two attached hydrogens (primary N) is 1. The molecule has 0 amide bonds. The Labute approximate surface area is 129 Å². The monoisotopic (exact) mass is 302 g/mol. The summed E-state index contributed by atoms with van der Waals surface area (Å²) < 4.78 is 4.06. The van der Waals surface area contributed by atoms with Gasteiger partial charge in [-0.3, -0.25) is 4.68 Å². The van der Waals surface area contributed by atoms with Crippen molar-refractivity contribution in [1.82, 2.24) is 14.3 Å². The Morgan fingerprint density at radius 2 is 2.10 bits per heavy atom. The average Bonchev–Trinajstić information content (AvgIpc) is 2.97. The first-order valence-electron chi connectivity index (χ1n) is 7.06. The lowest BCUT2D eigenvalue weighted by atomic mass is 10.1. The highest BCUT2D eigenvalue weighted by Gasteiger charge is 2.13. The molecule has 0 aliphatic rings. The molecule has 3 aromatic rings. The lowest BCUT2D eigenvalue weighted by molar-refractivity contribution is 0.673. The number of benzene rings is 1. The van der Waals surface area contributed by atoms with Crippen LogP contribution in [-0.2, 0) is 20.0 Å². The van der Waals surface area contributed by atoms with Crippen molar-refractivity contribution in [3.05, 3.63) is 52.4 Å². The number of hydrogen-bond donors (Lipinski definition) is 1. The summed E-state index contributed by atoms with van der Waals surface area (Å²) in [6, 6.07) is 8.50. The molecule has 0 bridgehead atoms. The van der Waals surface area contributed by atoms with Crippen molar-refractivity contribution in [3.8, 4) is 0 Å². The molecule has 21 heavy (non-hydrogen) atoms. The van der Waals surface area contributed by atoms with Crippen molar-refractivity contribution in [2.75, 3.05) is 6.54 Å². The number of nitrogens with zero attached hydrogens (tertiary/aromatic N) is 3. The lowest BCUT2D eigenvalue weighted by Crippen LogP contribution is -2.05. The van der Waals surface area contributed by atoms with Crippen LogP contribution in [0.2, 0.25) is 5.02 Å². The minimum Gasteiger partial charge on any atom is -0.341 e. The summed E-state index contributed by atoms with van der Waals surface area (Å²) in [5.41, 5.74) is 10.1. The third kappa shape index (κ3) is 2.45. The summed E-state index contributed by atoms with van der Waals surface area (Å²) in [6.07, 6.45) is 3.00. The highest BCUT2D eigenvalue weighted by Crippen LogP contribution is 2.25. The quantitative estimate of drug-likeness (QED) is 0.805. The SMILES string of the molecule is Cc1nn(C)c(Cn2ccc3c(CCN)cccc32)c1Cl. The van der Waals surface area contributed by atoms with Gasteiger partial charge >= 0.3 is 0 Å². The van der Waals surface area contributed by atoms with Gasteiger partial charge in [0.05, 0.1) is 23.0 Å². The Hall–Kier alpha value is -1.78. The molecular weight excluding hydrogens is 284 g/mol. The van der Waals surface area contributed by atoms with Gasteiger partial charge in [0.1, 0.15) is 0 Å². The summed E-state index contributed by atoms with van der Waals surface area (Å²) in [5.74, 6) is 0. The molecule has 2 heterocycles. The largest absolute Gasteiger partial charge is 0.341 e. The molecule has 4 nitrogen and oxygen atoms in total. The minimum atomic E-state index is 0.664. The first-order chi connectivity index (χ1) is 10.1. The summed E-state index contributed by atoms with van der Waals surface area (Å²) in [4.78, 5) is 0. The smallest absolute Gasteiger partial charge is 0.0865 e. The van der Waals surface area contributed by atoms with Crippen LogP contribution in [0.3, 0.4) is 0 Å². The van der Waals surface area contributed by atoms with E-state index in [1.165, 1.54) is 16.5 Å². The van der Waals surface area contributed by atoms with Gasteiger partial charge in [0.2, 0.25) is 0 Å². The second kappa shape index (κ2) is 5.54. The van der Waals surface area contributed by atoms with Gasteiger partial charge in [-0.2, -0.15) is 5.10 Å². The van der Waals surface area contributed by atoms with Crippen molar-refractivity contribution < 1.29 is 0 Å². The van der Waals surface area contributed by atoms with Crippen LogP contribution in [0, 0.1) is 6.92 Å². The molecule has 0 spiro atoms. The van der Waals surface area contributed by atoms with E-state index in [1.807, 2.05) is 18.7 Å². The highest BCUT2D eigenvalue weighted by molar-refractivity contribution is 6.31. The molecule has 1 aromatic carbocycles. The molecule has 5 heteroatoms. The van der Waals surface area contributed by atoms with E-state index >= 15 is 0 Å². The maximum Gasteiger partial charge on any atom is 0.0865 e. The van der Waals surface area contributed by atoms with Gasteiger partial charge in [0.25, 0.3) is 0 Å². The predicted molar refractivity (Wildman–Crippen MR) is 86.8 cm³/mol. The first-order valence-corrected chi connectivity index (χ1v) is 7.44. The molecule has 0 saturated heterocycles. The van der Waals surface area contributed by atoms with Gasteiger partial charge in [-0.25, -0.2) is 0 Å². The van der Waals surface area contributed by atoms with Crippen LogP contribution >= 0.6 is 11.6 Å². The van der Waals surface area contributed by atoms with E-state index in [4.69, 9.17) is 17.3 Å². The van der Waals surface area contributed by atoms with E-state index in [1.54, 1.807) is 0 Å². The van der Waals surface area contributed by atoms with E-state index in [0.29, 0.717) is 13.1 Å². The third-order valence-electron chi connectivity index (χ3n) is 3.90. The Bertz CT molecular complexity index is 785. The first kappa shape index (κ1) is 14.2. The van der Waals surface area contributed by atoms with E-state index < -0.39 is 0 Å². The topological polar surface area (TPSA) is 48.8 Å². The summed E-state index contributed by atoms with van der Waals surface area (Å²) in [5, 5.41) is 6.38. The van der Waals surface area contributed by atoms with Crippen molar-refractivity contribution in [2.45, 2.75) is 19.9 Å². The maximum atomic E-state index is 6.35. The second-order valence-corrected chi connectivity index (χ2v) is 5.68. The summed E-state index contributed by atoms with van der Waals surface area (Å²) >= 11 is 6.35. The Morgan fingerprint density at radius 3 is 2.76 bits per heavy atom. The molecule has 2 aromatic heterocycles. The molecule has 110 valence electrons. The zero-order valence-electron chi connectivity index (χ0n) is 12.3. The second-order valence-electron chi connectivity index (χ2n) is 5.30. The third-order valence-corrected chi connectivity index (χ3v) is 4.39. The van der Waals surface area contributed by atoms with Crippen LogP contribution in [0.5, 0.6) is 0 Å². The number of halogens is 1. The summed E-state index contributed by atoms with van der Waals surface area (Å²) in [6.45, 7) is 3.31. The molecular formula is C16H19ClN4. The van der Waals surface area contributed by atoms with Gasteiger partial charge in [-0.1, -0.05) is 23.7 Å². The van der Waals surface area contributed by atoms with E-state index in [9.17, 15) is 0 Å². The number of hydrogen-bond acceptors (Lipinski definition) is 2. The maximum absolute atomic E-state index is 6.35. The number of aryl methyl sites for hydroxylation is 2. The lowest BCUT2D eigenvalue weighted by Gasteiger charge is -2.08. The zero-order valence-corrected chi connectivity index (χ0v) is 13.1. The number of fused-ring (bicyclic) bond motifs is 1. The number of rotatable bonds is 4. The Kier molecular flexibility index (Phi) is 3.74. The van der Waals surface area contributed by atoms with Crippen molar-refractivity contribution >= 4 is 22.5 Å². The van der Waals surface area contributed by atoms with E-state index in [-0.39, 0.29) is 0 Å². The van der Waals surface area contributed by atoms with Crippen LogP contribution in [-0.4, -0.2) is 20.9 Å².